The van der Waals surface area contributed by atoms with E-state index in [0.717, 1.165) is 24.3 Å². The molecule has 8 nitrogen and oxygen atoms in total. The van der Waals surface area contributed by atoms with Crippen molar-refractivity contribution in [2.75, 3.05) is 22.4 Å². The molecule has 0 aliphatic heterocycles. The Hall–Kier alpha value is -2.34. The van der Waals surface area contributed by atoms with Crippen molar-refractivity contribution in [3.63, 3.8) is 0 Å². The van der Waals surface area contributed by atoms with Crippen LogP contribution in [0.25, 0.3) is 0 Å². The number of hydrogen-bond donors (Lipinski definition) is 3. The molecule has 0 saturated heterocycles. The number of hydrogen-bond acceptors (Lipinski definition) is 8. The highest BCUT2D eigenvalue weighted by Gasteiger charge is 2.19. The molecule has 12 heteroatoms. The van der Waals surface area contributed by atoms with Crippen LogP contribution in [0.4, 0.5) is 26.1 Å². The van der Waals surface area contributed by atoms with Crippen molar-refractivity contribution in [3.8, 4) is 5.75 Å². The van der Waals surface area contributed by atoms with Gasteiger partial charge in [-0.25, -0.2) is 18.4 Å². The van der Waals surface area contributed by atoms with Crippen LogP contribution >= 0.6 is 11.8 Å². The van der Waals surface area contributed by atoms with E-state index in [4.69, 9.17) is 11.5 Å². The van der Waals surface area contributed by atoms with Crippen molar-refractivity contribution in [1.29, 1.82) is 0 Å². The van der Waals surface area contributed by atoms with Crippen LogP contribution in [-0.4, -0.2) is 31.3 Å². The molecule has 2 aromatic rings. The summed E-state index contributed by atoms with van der Waals surface area (Å²) in [6, 6.07) is 4.40. The second kappa shape index (κ2) is 7.05. The smallest absolute Gasteiger partial charge is 0.387 e. The predicted molar refractivity (Wildman–Crippen MR) is 86.5 cm³/mol. The normalized spacial score (nSPS) is 11.5. The molecule has 0 unspecified atom stereocenters. The molecule has 0 aliphatic carbocycles. The Balaban J connectivity index is 2.29. The number of rotatable bonds is 6. The first-order valence-electron chi connectivity index (χ1n) is 6.27. The van der Waals surface area contributed by atoms with E-state index >= 15 is 0 Å². The zero-order chi connectivity index (χ0) is 17.9. The number of nitrogens with one attached hydrogen (secondary N) is 1. The molecule has 0 atom stereocenters. The minimum absolute atomic E-state index is 0.131. The molecule has 2 rings (SSSR count). The van der Waals surface area contributed by atoms with Crippen LogP contribution in [0.2, 0.25) is 0 Å². The predicted octanol–water partition coefficient (Wildman–Crippen LogP) is 1.77. The maximum Gasteiger partial charge on any atom is 0.387 e. The zero-order valence-electron chi connectivity index (χ0n) is 12.2. The molecule has 5 N–H and O–H groups in total. The molecule has 0 spiro atoms. The number of thioether (sulfide) groups is 1. The first kappa shape index (κ1) is 18.0. The number of benzene rings is 1. The van der Waals surface area contributed by atoms with Crippen LogP contribution in [-0.2, 0) is 10.0 Å². The van der Waals surface area contributed by atoms with Crippen LogP contribution in [0.3, 0.4) is 0 Å². The Morgan fingerprint density at radius 3 is 2.17 bits per heavy atom. The van der Waals surface area contributed by atoms with Crippen molar-refractivity contribution in [3.05, 3.63) is 24.3 Å². The highest BCUT2D eigenvalue weighted by Crippen LogP contribution is 2.28. The second-order valence-electron chi connectivity index (χ2n) is 4.31. The first-order chi connectivity index (χ1) is 11.2. The van der Waals surface area contributed by atoms with Crippen molar-refractivity contribution in [2.45, 2.75) is 16.7 Å². The van der Waals surface area contributed by atoms with Crippen LogP contribution in [0.5, 0.6) is 5.75 Å². The summed E-state index contributed by atoms with van der Waals surface area (Å²) < 4.78 is 55.2. The van der Waals surface area contributed by atoms with Gasteiger partial charge in [0.15, 0.2) is 16.8 Å². The molecule has 0 bridgehead atoms. The fraction of sp³-hybridized carbons (Fsp3) is 0.167. The topological polar surface area (TPSA) is 133 Å². The van der Waals surface area contributed by atoms with Gasteiger partial charge in [0, 0.05) is 0 Å². The van der Waals surface area contributed by atoms with E-state index < -0.39 is 16.6 Å². The highest BCUT2D eigenvalue weighted by molar-refractivity contribution is 7.98. The number of alkyl halides is 2. The Morgan fingerprint density at radius 2 is 1.71 bits per heavy atom. The van der Waals surface area contributed by atoms with Crippen LogP contribution < -0.4 is 20.9 Å². The average molecular weight is 377 g/mol. The summed E-state index contributed by atoms with van der Waals surface area (Å²) in [5.41, 5.74) is 11.2. The third-order valence-corrected chi connectivity index (χ3v) is 4.64. The lowest BCUT2D eigenvalue weighted by Gasteiger charge is -2.12. The zero-order valence-corrected chi connectivity index (χ0v) is 13.9. The van der Waals surface area contributed by atoms with Gasteiger partial charge in [-0.05, 0) is 30.5 Å². The van der Waals surface area contributed by atoms with Gasteiger partial charge in [-0.1, -0.05) is 11.8 Å². The van der Waals surface area contributed by atoms with Crippen molar-refractivity contribution in [2.24, 2.45) is 0 Å². The second-order valence-corrected chi connectivity index (χ2v) is 6.77. The van der Waals surface area contributed by atoms with Gasteiger partial charge in [-0.3, -0.25) is 4.72 Å². The Kier molecular flexibility index (Phi) is 5.29. The summed E-state index contributed by atoms with van der Waals surface area (Å²) in [7, 11) is -4.06. The fourth-order valence-corrected chi connectivity index (χ4v) is 3.13. The van der Waals surface area contributed by atoms with E-state index in [9.17, 15) is 17.2 Å². The minimum atomic E-state index is -4.06. The molecule has 130 valence electrons. The van der Waals surface area contributed by atoms with E-state index in [0.29, 0.717) is 5.16 Å². The number of anilines is 3. The van der Waals surface area contributed by atoms with Crippen molar-refractivity contribution >= 4 is 39.1 Å². The highest BCUT2D eigenvalue weighted by atomic mass is 32.2. The van der Waals surface area contributed by atoms with Gasteiger partial charge in [-0.15, -0.1) is 0 Å². The Morgan fingerprint density at radius 1 is 1.17 bits per heavy atom. The van der Waals surface area contributed by atoms with E-state index in [-0.39, 0.29) is 28.0 Å². The Labute approximate surface area is 140 Å². The molecular formula is C12H13F2N5O3S2. The van der Waals surface area contributed by atoms with Gasteiger partial charge < -0.3 is 16.2 Å². The van der Waals surface area contributed by atoms with Crippen LogP contribution in [0.1, 0.15) is 0 Å². The van der Waals surface area contributed by atoms with Gasteiger partial charge >= 0.3 is 6.61 Å². The van der Waals surface area contributed by atoms with Gasteiger partial charge in [0.05, 0.1) is 4.90 Å². The summed E-state index contributed by atoms with van der Waals surface area (Å²) in [5, 5.41) is 0.293. The molecule has 0 radical (unpaired) electrons. The summed E-state index contributed by atoms with van der Waals surface area (Å²) >= 11 is 1.19. The molecule has 0 aliphatic rings. The number of sulfonamides is 1. The third-order valence-electron chi connectivity index (χ3n) is 2.72. The molecule has 0 fully saturated rings. The van der Waals surface area contributed by atoms with E-state index in [1.807, 2.05) is 0 Å². The number of ether oxygens (including phenoxy) is 1. The number of nitrogens with zero attached hydrogens (tertiary/aromatic N) is 2. The number of nitrogens with two attached hydrogens (primary N) is 2. The molecule has 0 amide bonds. The SMILES string of the molecule is CSc1nc(N)c(NS(=O)(=O)c2ccc(OC(F)F)cc2)c(N)n1. The summed E-state index contributed by atoms with van der Waals surface area (Å²) in [4.78, 5) is 7.60. The molecule has 0 saturated carbocycles. The van der Waals surface area contributed by atoms with Crippen LogP contribution in [0.15, 0.2) is 34.3 Å². The third kappa shape index (κ3) is 4.14. The summed E-state index contributed by atoms with van der Waals surface area (Å²) in [6.07, 6.45) is 1.71. The van der Waals surface area contributed by atoms with Gasteiger partial charge in [-0.2, -0.15) is 8.78 Å². The molecule has 24 heavy (non-hydrogen) atoms. The monoisotopic (exact) mass is 377 g/mol. The Bertz CT molecular complexity index is 808. The number of aromatic nitrogens is 2. The lowest BCUT2D eigenvalue weighted by molar-refractivity contribution is -0.0498. The number of halogens is 2. The largest absolute Gasteiger partial charge is 0.435 e. The van der Waals surface area contributed by atoms with Gasteiger partial charge in [0.2, 0.25) is 0 Å². The van der Waals surface area contributed by atoms with Gasteiger partial charge in [0.25, 0.3) is 10.0 Å². The van der Waals surface area contributed by atoms with E-state index in [2.05, 4.69) is 19.4 Å². The standard InChI is InChI=1S/C12H13F2N5O3S2/c1-23-12-17-9(15)8(10(16)18-12)19-24(20,21)7-4-2-6(3-5-7)22-11(13)14/h2-5,11,19H,1H3,(H4,15,16,17,18). The lowest BCUT2D eigenvalue weighted by atomic mass is 10.3. The van der Waals surface area contributed by atoms with Crippen LogP contribution in [0, 0.1) is 0 Å². The number of nitrogen functional groups attached to an aromatic ring is 2. The van der Waals surface area contributed by atoms with Gasteiger partial charge in [0.1, 0.15) is 11.4 Å². The molecule has 1 aromatic carbocycles. The minimum Gasteiger partial charge on any atom is -0.435 e. The molecule has 1 aromatic heterocycles. The average Bonchev–Trinajstić information content (AvgIpc) is 2.50. The molecule has 1 heterocycles. The van der Waals surface area contributed by atoms with E-state index in [1.165, 1.54) is 11.8 Å². The maximum atomic E-state index is 12.3. The molecular weight excluding hydrogens is 364 g/mol. The quantitative estimate of drug-likeness (QED) is 0.512. The van der Waals surface area contributed by atoms with E-state index in [1.54, 1.807) is 6.26 Å². The fourth-order valence-electron chi connectivity index (χ4n) is 1.66. The lowest BCUT2D eigenvalue weighted by Crippen LogP contribution is -2.17. The maximum absolute atomic E-state index is 12.3. The first-order valence-corrected chi connectivity index (χ1v) is 8.98. The summed E-state index contributed by atoms with van der Waals surface area (Å²) in [6.45, 7) is -3.00. The van der Waals surface area contributed by atoms with Crippen molar-refractivity contribution < 1.29 is 21.9 Å². The van der Waals surface area contributed by atoms with Crippen molar-refractivity contribution in [1.82, 2.24) is 9.97 Å². The summed E-state index contributed by atoms with van der Waals surface area (Å²) in [5.74, 6) is -0.434.